The second kappa shape index (κ2) is 16.8. The third kappa shape index (κ3) is 10.0. The summed E-state index contributed by atoms with van der Waals surface area (Å²) in [7, 11) is 0. The molecule has 18 heteroatoms. The summed E-state index contributed by atoms with van der Waals surface area (Å²) in [5.41, 5.74) is 2.11. The Bertz CT molecular complexity index is 1630. The molecular formula is C32H40ClF3N10O4. The largest absolute Gasteiger partial charge is 0.487 e. The average molecular weight is 721 g/mol. The molecule has 1 aliphatic carbocycles. The van der Waals surface area contributed by atoms with Crippen LogP contribution in [0.15, 0.2) is 43.1 Å². The van der Waals surface area contributed by atoms with E-state index in [0.29, 0.717) is 40.9 Å². The van der Waals surface area contributed by atoms with Gasteiger partial charge < -0.3 is 24.3 Å². The number of morpholine rings is 1. The molecule has 4 aromatic rings. The molecule has 0 unspecified atom stereocenters. The third-order valence-electron chi connectivity index (χ3n) is 8.56. The highest BCUT2D eigenvalue weighted by Crippen LogP contribution is 2.35. The molecule has 2 fully saturated rings. The van der Waals surface area contributed by atoms with Crippen LogP contribution in [0.4, 0.5) is 24.8 Å². The Morgan fingerprint density at radius 2 is 1.80 bits per heavy atom. The summed E-state index contributed by atoms with van der Waals surface area (Å²) < 4.78 is 63.1. The number of tetrazole rings is 1. The molecule has 6 rings (SSSR count). The van der Waals surface area contributed by atoms with Crippen molar-refractivity contribution in [1.29, 1.82) is 0 Å². The summed E-state index contributed by atoms with van der Waals surface area (Å²) in [5.74, 6) is 1.14. The number of alkyl halides is 3. The lowest BCUT2D eigenvalue weighted by Crippen LogP contribution is -2.45. The van der Waals surface area contributed by atoms with Crippen molar-refractivity contribution in [2.45, 2.75) is 69.9 Å². The standard InChI is InChI=1S/C32H40ClF3N10O4/c1-22(18-45-21-39-42-43-45)50-29-15-23(3-8-27(29)33)24-16-37-31(38-17-24)40-28-19-46(41-30(28)49-12-2-11-48-20-32(34,35)36)26-6-4-25(5-7-26)44-9-13-47-14-10-44/h3,8,15-17,19,21-22,25-26H,2,4-7,9-14,18,20H2,1H3,(H,37,38,40)/t22-,25?,26?/m0/s1. The molecule has 14 nitrogen and oxygen atoms in total. The average Bonchev–Trinajstić information content (AvgIpc) is 3.77. The molecule has 1 saturated heterocycles. The number of rotatable bonds is 15. The second-order valence-electron chi connectivity index (χ2n) is 12.3. The minimum absolute atomic E-state index is 0.0885. The first-order valence-electron chi connectivity index (χ1n) is 16.6. The summed E-state index contributed by atoms with van der Waals surface area (Å²) >= 11 is 6.43. The monoisotopic (exact) mass is 720 g/mol. The summed E-state index contributed by atoms with van der Waals surface area (Å²) in [5, 5.41) is 19.6. The molecule has 1 aliphatic heterocycles. The Hall–Kier alpha value is -4.06. The molecule has 4 heterocycles. The Balaban J connectivity index is 1.11. The van der Waals surface area contributed by atoms with Crippen LogP contribution in [0, 0.1) is 0 Å². The first kappa shape index (κ1) is 35.8. The van der Waals surface area contributed by atoms with Gasteiger partial charge in [0.1, 0.15) is 30.5 Å². The van der Waals surface area contributed by atoms with Gasteiger partial charge in [-0.15, -0.1) is 10.2 Å². The highest BCUT2D eigenvalue weighted by molar-refractivity contribution is 6.32. The highest BCUT2D eigenvalue weighted by atomic mass is 35.5. The van der Waals surface area contributed by atoms with Crippen LogP contribution < -0.4 is 14.8 Å². The Kier molecular flexibility index (Phi) is 12.0. The van der Waals surface area contributed by atoms with Crippen molar-refractivity contribution < 1.29 is 32.1 Å². The minimum atomic E-state index is -4.37. The van der Waals surface area contributed by atoms with Crippen molar-refractivity contribution >= 4 is 23.2 Å². The fraction of sp³-hybridized carbons (Fsp3) is 0.562. The summed E-state index contributed by atoms with van der Waals surface area (Å²) in [4.78, 5) is 11.6. The normalized spacial score (nSPS) is 19.3. The van der Waals surface area contributed by atoms with Crippen LogP contribution >= 0.6 is 11.6 Å². The van der Waals surface area contributed by atoms with Gasteiger partial charge in [0.15, 0.2) is 0 Å². The highest BCUT2D eigenvalue weighted by Gasteiger charge is 2.29. The number of nitrogens with zero attached hydrogens (tertiary/aromatic N) is 9. The van der Waals surface area contributed by atoms with Crippen LogP contribution in [0.5, 0.6) is 11.6 Å². The van der Waals surface area contributed by atoms with Gasteiger partial charge in [0.05, 0.1) is 50.2 Å². The van der Waals surface area contributed by atoms with E-state index in [2.05, 4.69) is 35.7 Å². The van der Waals surface area contributed by atoms with E-state index in [1.807, 2.05) is 29.9 Å². The lowest BCUT2D eigenvalue weighted by Gasteiger charge is -2.38. The summed E-state index contributed by atoms with van der Waals surface area (Å²) in [6, 6.07) is 6.15. The number of nitrogens with one attached hydrogen (secondary N) is 1. The second-order valence-corrected chi connectivity index (χ2v) is 12.7. The minimum Gasteiger partial charge on any atom is -0.487 e. The van der Waals surface area contributed by atoms with Gasteiger partial charge in [-0.05, 0) is 60.7 Å². The number of ether oxygens (including phenoxy) is 4. The fourth-order valence-corrected chi connectivity index (χ4v) is 6.28. The van der Waals surface area contributed by atoms with E-state index in [1.165, 1.54) is 6.33 Å². The van der Waals surface area contributed by atoms with Crippen molar-refractivity contribution in [2.75, 3.05) is 51.4 Å². The van der Waals surface area contributed by atoms with Gasteiger partial charge in [0.25, 0.3) is 5.88 Å². The molecule has 2 aliphatic rings. The van der Waals surface area contributed by atoms with E-state index in [1.54, 1.807) is 23.1 Å². The van der Waals surface area contributed by atoms with Gasteiger partial charge in [-0.3, -0.25) is 9.58 Å². The van der Waals surface area contributed by atoms with Crippen molar-refractivity contribution in [1.82, 2.24) is 44.9 Å². The van der Waals surface area contributed by atoms with Gasteiger partial charge in [0, 0.05) is 43.5 Å². The van der Waals surface area contributed by atoms with E-state index in [4.69, 9.17) is 35.6 Å². The van der Waals surface area contributed by atoms with E-state index in [9.17, 15) is 13.2 Å². The third-order valence-corrected chi connectivity index (χ3v) is 8.88. The molecular weight excluding hydrogens is 681 g/mol. The van der Waals surface area contributed by atoms with E-state index in [-0.39, 0.29) is 31.8 Å². The summed E-state index contributed by atoms with van der Waals surface area (Å²) in [6.07, 6.45) is 6.44. The van der Waals surface area contributed by atoms with Crippen LogP contribution in [-0.4, -0.2) is 109 Å². The molecule has 50 heavy (non-hydrogen) atoms. The van der Waals surface area contributed by atoms with Crippen molar-refractivity contribution in [3.63, 3.8) is 0 Å². The lowest BCUT2D eigenvalue weighted by molar-refractivity contribution is -0.174. The number of benzene rings is 1. The molecule has 1 N–H and O–H groups in total. The molecule has 0 spiro atoms. The summed E-state index contributed by atoms with van der Waals surface area (Å²) in [6.45, 7) is 4.56. The van der Waals surface area contributed by atoms with Gasteiger partial charge in [-0.2, -0.15) is 13.2 Å². The number of hydrogen-bond acceptors (Lipinski definition) is 12. The fourth-order valence-electron chi connectivity index (χ4n) is 6.12. The number of hydrogen-bond donors (Lipinski definition) is 1. The molecule has 1 saturated carbocycles. The molecule has 0 bridgehead atoms. The van der Waals surface area contributed by atoms with Gasteiger partial charge >= 0.3 is 6.18 Å². The maximum absolute atomic E-state index is 12.4. The molecule has 0 amide bonds. The van der Waals surface area contributed by atoms with Crippen molar-refractivity contribution in [3.05, 3.63) is 48.1 Å². The van der Waals surface area contributed by atoms with E-state index >= 15 is 0 Å². The van der Waals surface area contributed by atoms with Gasteiger partial charge in [-0.1, -0.05) is 17.7 Å². The molecule has 1 atom stereocenters. The van der Waals surface area contributed by atoms with Gasteiger partial charge in [-0.25, -0.2) is 14.6 Å². The number of aromatic nitrogens is 8. The lowest BCUT2D eigenvalue weighted by atomic mass is 9.90. The maximum atomic E-state index is 12.4. The van der Waals surface area contributed by atoms with Gasteiger partial charge in [0.2, 0.25) is 5.95 Å². The molecule has 3 aromatic heterocycles. The molecule has 0 radical (unpaired) electrons. The topological polar surface area (TPSA) is 139 Å². The van der Waals surface area contributed by atoms with Crippen LogP contribution in [0.2, 0.25) is 5.02 Å². The van der Waals surface area contributed by atoms with E-state index < -0.39 is 12.8 Å². The predicted octanol–water partition coefficient (Wildman–Crippen LogP) is 5.35. The zero-order valence-corrected chi connectivity index (χ0v) is 28.4. The zero-order chi connectivity index (χ0) is 34.9. The Morgan fingerprint density at radius 1 is 1.04 bits per heavy atom. The van der Waals surface area contributed by atoms with Crippen LogP contribution in [0.1, 0.15) is 45.1 Å². The Morgan fingerprint density at radius 3 is 2.52 bits per heavy atom. The molecule has 270 valence electrons. The van der Waals surface area contributed by atoms with Crippen molar-refractivity contribution in [2.24, 2.45) is 0 Å². The van der Waals surface area contributed by atoms with E-state index in [0.717, 1.165) is 63.1 Å². The van der Waals surface area contributed by atoms with Crippen LogP contribution in [0.25, 0.3) is 11.1 Å². The smallest absolute Gasteiger partial charge is 0.411 e. The van der Waals surface area contributed by atoms with Crippen LogP contribution in [0.3, 0.4) is 0 Å². The predicted molar refractivity (Wildman–Crippen MR) is 177 cm³/mol. The quantitative estimate of drug-likeness (QED) is 0.158. The first-order valence-corrected chi connectivity index (χ1v) is 17.0. The SMILES string of the molecule is C[C@@H](Cn1cnnn1)Oc1cc(-c2cnc(Nc3cn(C4CCC(N5CCOCC5)CC4)nc3OCCCOCC(F)(F)F)nc2)ccc1Cl. The zero-order valence-electron chi connectivity index (χ0n) is 27.6. The molecule has 1 aromatic carbocycles. The van der Waals surface area contributed by atoms with Crippen molar-refractivity contribution in [3.8, 4) is 22.8 Å². The maximum Gasteiger partial charge on any atom is 0.411 e. The van der Waals surface area contributed by atoms with Crippen LogP contribution in [-0.2, 0) is 16.0 Å². The number of halogens is 4. The Labute approximate surface area is 292 Å². The number of anilines is 2. The first-order chi connectivity index (χ1) is 24.2.